The van der Waals surface area contributed by atoms with Gasteiger partial charge in [0.25, 0.3) is 0 Å². The van der Waals surface area contributed by atoms with E-state index in [1.165, 1.54) is 0 Å². The Bertz CT molecular complexity index is 1270. The maximum atomic E-state index is 13.2. The van der Waals surface area contributed by atoms with Crippen LogP contribution in [0.2, 0.25) is 0 Å². The van der Waals surface area contributed by atoms with Gasteiger partial charge in [-0.05, 0) is 48.6 Å². The van der Waals surface area contributed by atoms with E-state index in [0.717, 1.165) is 58.7 Å². The number of amides is 1. The van der Waals surface area contributed by atoms with Crippen molar-refractivity contribution in [2.45, 2.75) is 12.8 Å². The zero-order chi connectivity index (χ0) is 22.6. The number of carbonyl (C=O) groups is 1. The molecule has 0 bridgehead atoms. The van der Waals surface area contributed by atoms with E-state index in [4.69, 9.17) is 4.74 Å². The largest absolute Gasteiger partial charge is 0.497 e. The van der Waals surface area contributed by atoms with Gasteiger partial charge in [0.15, 0.2) is 0 Å². The summed E-state index contributed by atoms with van der Waals surface area (Å²) >= 11 is 0. The van der Waals surface area contributed by atoms with Crippen molar-refractivity contribution in [2.24, 2.45) is 5.92 Å². The van der Waals surface area contributed by atoms with Gasteiger partial charge in [0.05, 0.1) is 18.7 Å². The first-order chi connectivity index (χ1) is 16.2. The van der Waals surface area contributed by atoms with Gasteiger partial charge < -0.3 is 15.0 Å². The number of hydrogen-bond acceptors (Lipinski definition) is 5. The summed E-state index contributed by atoms with van der Waals surface area (Å²) in [5.41, 5.74) is 2.71. The van der Waals surface area contributed by atoms with Crippen molar-refractivity contribution in [3.63, 3.8) is 0 Å². The van der Waals surface area contributed by atoms with Crippen LogP contribution in [0.1, 0.15) is 12.8 Å². The number of ether oxygens (including phenoxy) is 1. The number of aromatic nitrogens is 2. The summed E-state index contributed by atoms with van der Waals surface area (Å²) in [6.45, 7) is 1.51. The number of fused-ring (bicyclic) bond motifs is 1. The first-order valence-corrected chi connectivity index (χ1v) is 11.2. The highest BCUT2D eigenvalue weighted by Crippen LogP contribution is 2.28. The Balaban J connectivity index is 1.32. The van der Waals surface area contributed by atoms with Gasteiger partial charge in [-0.2, -0.15) is 0 Å². The maximum absolute atomic E-state index is 13.2. The third-order valence-corrected chi connectivity index (χ3v) is 6.20. The molecule has 1 aliphatic heterocycles. The lowest BCUT2D eigenvalue weighted by Crippen LogP contribution is -2.41. The molecular weight excluding hydrogens is 412 g/mol. The van der Waals surface area contributed by atoms with Gasteiger partial charge in [-0.1, -0.05) is 36.4 Å². The second kappa shape index (κ2) is 9.28. The van der Waals surface area contributed by atoms with Crippen LogP contribution in [0, 0.1) is 5.92 Å². The molecule has 6 heteroatoms. The lowest BCUT2D eigenvalue weighted by atomic mass is 9.96. The minimum absolute atomic E-state index is 0.0560. The van der Waals surface area contributed by atoms with Crippen LogP contribution in [0.3, 0.4) is 0 Å². The lowest BCUT2D eigenvalue weighted by Gasteiger charge is -2.33. The molecule has 6 nitrogen and oxygen atoms in total. The monoisotopic (exact) mass is 438 g/mol. The Morgan fingerprint density at radius 2 is 1.85 bits per heavy atom. The molecule has 1 aliphatic rings. The van der Waals surface area contributed by atoms with Crippen LogP contribution < -0.4 is 15.0 Å². The van der Waals surface area contributed by atoms with Crippen molar-refractivity contribution in [1.29, 1.82) is 0 Å². The molecule has 1 fully saturated rings. The number of rotatable bonds is 5. The maximum Gasteiger partial charge on any atom is 0.229 e. The van der Waals surface area contributed by atoms with Crippen molar-refractivity contribution < 1.29 is 9.53 Å². The van der Waals surface area contributed by atoms with E-state index in [0.29, 0.717) is 6.54 Å². The molecule has 5 rings (SSSR count). The van der Waals surface area contributed by atoms with Crippen molar-refractivity contribution in [2.75, 3.05) is 30.4 Å². The van der Waals surface area contributed by atoms with E-state index in [1.807, 2.05) is 60.7 Å². The third kappa shape index (κ3) is 4.51. The van der Waals surface area contributed by atoms with Crippen molar-refractivity contribution in [3.05, 3.63) is 79.1 Å². The van der Waals surface area contributed by atoms with Crippen molar-refractivity contribution in [3.8, 4) is 17.0 Å². The minimum Gasteiger partial charge on any atom is -0.497 e. The first-order valence-electron chi connectivity index (χ1n) is 11.2. The predicted octanol–water partition coefficient (Wildman–Crippen LogP) is 5.16. The molecule has 2 heterocycles. The summed E-state index contributed by atoms with van der Waals surface area (Å²) in [5, 5.41) is 5.34. The van der Waals surface area contributed by atoms with E-state index in [2.05, 4.69) is 32.3 Å². The standard InChI is InChI=1S/C27H26N4O2/c1-33-22-13-11-20(12-14-22)25-16-26(29-18-28-25)31-15-5-8-21(17-31)27(32)30-24-10-4-7-19-6-2-3-9-23(19)24/h2-4,6-7,9-14,16,18,21H,5,8,15,17H2,1H3,(H,30,32). The van der Waals surface area contributed by atoms with E-state index in [1.54, 1.807) is 13.4 Å². The molecule has 0 saturated carbocycles. The number of anilines is 2. The van der Waals surface area contributed by atoms with Gasteiger partial charge in [-0.3, -0.25) is 4.79 Å². The summed E-state index contributed by atoms with van der Waals surface area (Å²) in [5.74, 6) is 1.61. The van der Waals surface area contributed by atoms with E-state index in [9.17, 15) is 4.79 Å². The molecule has 1 aromatic heterocycles. The number of benzene rings is 3. The second-order valence-electron chi connectivity index (χ2n) is 8.29. The Morgan fingerprint density at radius 1 is 1.03 bits per heavy atom. The Morgan fingerprint density at radius 3 is 2.70 bits per heavy atom. The average Bonchev–Trinajstić information content (AvgIpc) is 2.89. The number of hydrogen-bond donors (Lipinski definition) is 1. The highest BCUT2D eigenvalue weighted by atomic mass is 16.5. The van der Waals surface area contributed by atoms with Crippen molar-refractivity contribution >= 4 is 28.2 Å². The lowest BCUT2D eigenvalue weighted by molar-refractivity contribution is -0.120. The summed E-state index contributed by atoms with van der Waals surface area (Å²) in [7, 11) is 1.65. The van der Waals surface area contributed by atoms with Crippen LogP contribution in [-0.4, -0.2) is 36.1 Å². The molecule has 0 spiro atoms. The number of carbonyl (C=O) groups excluding carboxylic acids is 1. The molecule has 0 radical (unpaired) electrons. The fraction of sp³-hybridized carbons (Fsp3) is 0.222. The quantitative estimate of drug-likeness (QED) is 0.466. The molecule has 0 aliphatic carbocycles. The zero-order valence-electron chi connectivity index (χ0n) is 18.6. The molecule has 1 amide bonds. The fourth-order valence-corrected chi connectivity index (χ4v) is 4.41. The molecule has 4 aromatic rings. The van der Waals surface area contributed by atoms with Gasteiger partial charge in [-0.25, -0.2) is 9.97 Å². The Labute approximate surface area is 193 Å². The van der Waals surface area contributed by atoms with Crippen LogP contribution in [0.25, 0.3) is 22.0 Å². The SMILES string of the molecule is COc1ccc(-c2cc(N3CCCC(C(=O)Nc4cccc5ccccc45)C3)ncn2)cc1. The van der Waals surface area contributed by atoms with Gasteiger partial charge in [0.2, 0.25) is 5.91 Å². The van der Waals surface area contributed by atoms with Crippen LogP contribution >= 0.6 is 0 Å². The average molecular weight is 439 g/mol. The van der Waals surface area contributed by atoms with Crippen LogP contribution in [0.4, 0.5) is 11.5 Å². The van der Waals surface area contributed by atoms with Gasteiger partial charge in [0.1, 0.15) is 17.9 Å². The molecule has 1 saturated heterocycles. The number of methoxy groups -OCH3 is 1. The Hall–Kier alpha value is -3.93. The predicted molar refractivity (Wildman–Crippen MR) is 132 cm³/mol. The summed E-state index contributed by atoms with van der Waals surface area (Å²) in [6.07, 6.45) is 3.40. The highest BCUT2D eigenvalue weighted by molar-refractivity contribution is 6.03. The number of piperidine rings is 1. The molecule has 33 heavy (non-hydrogen) atoms. The van der Waals surface area contributed by atoms with Crippen LogP contribution in [0.15, 0.2) is 79.1 Å². The van der Waals surface area contributed by atoms with Crippen LogP contribution in [-0.2, 0) is 4.79 Å². The molecule has 1 N–H and O–H groups in total. The topological polar surface area (TPSA) is 67.3 Å². The second-order valence-corrected chi connectivity index (χ2v) is 8.29. The Kier molecular flexibility index (Phi) is 5.89. The highest BCUT2D eigenvalue weighted by Gasteiger charge is 2.27. The molecule has 166 valence electrons. The summed E-state index contributed by atoms with van der Waals surface area (Å²) in [4.78, 5) is 24.3. The van der Waals surface area contributed by atoms with Gasteiger partial charge >= 0.3 is 0 Å². The minimum atomic E-state index is -0.0999. The van der Waals surface area contributed by atoms with E-state index in [-0.39, 0.29) is 11.8 Å². The molecule has 1 unspecified atom stereocenters. The van der Waals surface area contributed by atoms with E-state index >= 15 is 0 Å². The normalized spacial score (nSPS) is 15.9. The van der Waals surface area contributed by atoms with Crippen molar-refractivity contribution in [1.82, 2.24) is 9.97 Å². The number of nitrogens with zero attached hydrogens (tertiary/aromatic N) is 3. The zero-order valence-corrected chi connectivity index (χ0v) is 18.6. The fourth-order valence-electron chi connectivity index (χ4n) is 4.41. The summed E-state index contributed by atoms with van der Waals surface area (Å²) < 4.78 is 5.25. The van der Waals surface area contributed by atoms with Gasteiger partial charge in [-0.15, -0.1) is 0 Å². The first kappa shape index (κ1) is 20.9. The van der Waals surface area contributed by atoms with E-state index < -0.39 is 0 Å². The van der Waals surface area contributed by atoms with Crippen LogP contribution in [0.5, 0.6) is 5.75 Å². The molecular formula is C27H26N4O2. The molecule has 3 aromatic carbocycles. The number of nitrogens with one attached hydrogen (secondary N) is 1. The molecule has 1 atom stereocenters. The smallest absolute Gasteiger partial charge is 0.229 e. The summed E-state index contributed by atoms with van der Waals surface area (Å²) in [6, 6.07) is 23.9. The van der Waals surface area contributed by atoms with Gasteiger partial charge in [0, 0.05) is 35.8 Å². The third-order valence-electron chi connectivity index (χ3n) is 6.20.